The first-order chi connectivity index (χ1) is 16.1. The first-order valence-electron chi connectivity index (χ1n) is 10.2. The number of hydrogen-bond donors (Lipinski definition) is 8. The van der Waals surface area contributed by atoms with Gasteiger partial charge >= 0.3 is 5.76 Å². The molecule has 1 aromatic rings. The monoisotopic (exact) mass is 481 g/mol. The lowest BCUT2D eigenvalue weighted by Crippen LogP contribution is -2.59. The summed E-state index contributed by atoms with van der Waals surface area (Å²) in [5, 5.41) is 80.2. The molecule has 3 aliphatic rings. The second-order valence-electron chi connectivity index (χ2n) is 7.87. The van der Waals surface area contributed by atoms with Gasteiger partial charge in [0.15, 0.2) is 11.5 Å². The molecule has 1 aromatic carbocycles. The summed E-state index contributed by atoms with van der Waals surface area (Å²) in [6.07, 6.45) is -4.82. The van der Waals surface area contributed by atoms with E-state index in [1.54, 1.807) is 0 Å². The first kappa shape index (κ1) is 23.7. The molecule has 0 aromatic heterocycles. The predicted octanol–water partition coefficient (Wildman–Crippen LogP) is -0.674. The molecule has 1 saturated heterocycles. The van der Waals surface area contributed by atoms with Crippen molar-refractivity contribution in [3.63, 3.8) is 0 Å². The first-order valence-corrected chi connectivity index (χ1v) is 10.2. The Hall–Kier alpha value is -3.42. The van der Waals surface area contributed by atoms with E-state index >= 15 is 0 Å². The molecule has 0 spiro atoms. The molecule has 12 nitrogen and oxygen atoms in total. The van der Waals surface area contributed by atoms with Gasteiger partial charge in [0, 0.05) is 24.3 Å². The summed E-state index contributed by atoms with van der Waals surface area (Å²) < 4.78 is 20.7. The molecule has 0 saturated carbocycles. The van der Waals surface area contributed by atoms with Gasteiger partial charge in [-0.25, -0.2) is 0 Å². The van der Waals surface area contributed by atoms with Crippen molar-refractivity contribution in [3.8, 4) is 17.2 Å². The zero-order chi connectivity index (χ0) is 24.7. The van der Waals surface area contributed by atoms with Crippen LogP contribution in [0, 0.1) is 0 Å². The lowest BCUT2D eigenvalue weighted by Gasteiger charge is -2.40. The molecule has 1 fully saturated rings. The van der Waals surface area contributed by atoms with Gasteiger partial charge in [-0.05, 0) is 0 Å². The number of phenols is 2. The Bertz CT molecular complexity index is 1090. The summed E-state index contributed by atoms with van der Waals surface area (Å²) in [7, 11) is 1.28. The number of hydrogen-bond acceptors (Lipinski definition) is 11. The average molecular weight is 481 g/mol. The van der Waals surface area contributed by atoms with Crippen molar-refractivity contribution >= 4 is 5.76 Å². The third-order valence-electron chi connectivity index (χ3n) is 5.66. The van der Waals surface area contributed by atoms with Gasteiger partial charge in [-0.2, -0.15) is 0 Å². The summed E-state index contributed by atoms with van der Waals surface area (Å²) in [4.78, 5) is 0. The second kappa shape index (κ2) is 9.08. The van der Waals surface area contributed by atoms with Crippen LogP contribution in [0.5, 0.6) is 17.2 Å². The summed E-state index contributed by atoms with van der Waals surface area (Å²) >= 11 is 0. The molecule has 6 unspecified atom stereocenters. The normalized spacial score (nSPS) is 31.0. The van der Waals surface area contributed by atoms with Crippen LogP contribution in [0.25, 0.3) is 5.76 Å². The molecule has 2 aliphatic heterocycles. The van der Waals surface area contributed by atoms with Gasteiger partial charge in [-0.3, -0.25) is 0 Å². The number of benzene rings is 1. The van der Waals surface area contributed by atoms with Crippen molar-refractivity contribution in [1.29, 1.82) is 0 Å². The number of rotatable bonds is 5. The highest BCUT2D eigenvalue weighted by molar-refractivity contribution is 5.71. The van der Waals surface area contributed by atoms with Crippen LogP contribution in [0.4, 0.5) is 0 Å². The number of aliphatic hydroxyl groups excluding tert-OH is 6. The van der Waals surface area contributed by atoms with E-state index in [4.69, 9.17) is 14.2 Å². The molecule has 184 valence electrons. The van der Waals surface area contributed by atoms with Gasteiger partial charge in [0.05, 0.1) is 30.9 Å². The molecule has 4 rings (SSSR count). The second-order valence-corrected chi connectivity index (χ2v) is 7.87. The van der Waals surface area contributed by atoms with Gasteiger partial charge in [0.2, 0.25) is 23.9 Å². The summed E-state index contributed by atoms with van der Waals surface area (Å²) in [5.41, 5.74) is 0.431. The van der Waals surface area contributed by atoms with Gasteiger partial charge < -0.3 is 59.8 Å². The highest BCUT2D eigenvalue weighted by atomic mass is 16.7. The minimum atomic E-state index is -1.72. The minimum absolute atomic E-state index is 0.0538. The summed E-state index contributed by atoms with van der Waals surface area (Å²) in [5.74, 6) is -1.67. The molecule has 6 atom stereocenters. The number of fused-ring (bicyclic) bond motifs is 1. The average Bonchev–Trinajstić information content (AvgIpc) is 2.81. The number of allylic oxidation sites excluding steroid dienone is 2. The molecule has 0 radical (unpaired) electrons. The molecule has 34 heavy (non-hydrogen) atoms. The fourth-order valence-corrected chi connectivity index (χ4v) is 3.83. The largest absolute Gasteiger partial charge is 0.571 e. The Morgan fingerprint density at radius 3 is 2.41 bits per heavy atom. The van der Waals surface area contributed by atoms with E-state index in [0.717, 1.165) is 6.08 Å². The van der Waals surface area contributed by atoms with E-state index in [9.17, 15) is 40.9 Å². The van der Waals surface area contributed by atoms with Crippen LogP contribution in [0.2, 0.25) is 0 Å². The molecule has 2 heterocycles. The topological polar surface area (TPSA) is 202 Å². The number of ether oxygens (including phenoxy) is 4. The molecular formula is C22H25O12+. The highest BCUT2D eigenvalue weighted by Crippen LogP contribution is 2.42. The summed E-state index contributed by atoms with van der Waals surface area (Å²) in [6, 6.07) is 2.53. The van der Waals surface area contributed by atoms with Crippen LogP contribution in [-0.2, 0) is 9.47 Å². The molecule has 1 aliphatic carbocycles. The van der Waals surface area contributed by atoms with Crippen LogP contribution in [-0.4, -0.2) is 96.1 Å². The molecule has 12 heteroatoms. The molecular weight excluding hydrogens is 456 g/mol. The lowest BCUT2D eigenvalue weighted by atomic mass is 9.96. The third kappa shape index (κ3) is 4.13. The number of phenolic OH excluding ortho intramolecular Hbond substituents is 2. The van der Waals surface area contributed by atoms with Crippen molar-refractivity contribution in [1.82, 2.24) is 0 Å². The SMILES string of the molecule is COc1cc(C2=C(OC3OC(CO)C(O)C(O)C3O)C=C3C(O)=CC(O)=CC3[OH+]2)cc(O)c1O. The maximum Gasteiger partial charge on any atom is 0.305 e. The zero-order valence-electron chi connectivity index (χ0n) is 17.8. The quantitative estimate of drug-likeness (QED) is 0.196. The maximum atomic E-state index is 10.4. The molecule has 0 bridgehead atoms. The predicted molar refractivity (Wildman–Crippen MR) is 114 cm³/mol. The van der Waals surface area contributed by atoms with E-state index in [1.165, 1.54) is 31.4 Å². The Balaban J connectivity index is 1.80. The van der Waals surface area contributed by atoms with Crippen molar-refractivity contribution in [2.75, 3.05) is 13.7 Å². The van der Waals surface area contributed by atoms with Gasteiger partial charge in [-0.15, -0.1) is 0 Å². The van der Waals surface area contributed by atoms with E-state index in [-0.39, 0.29) is 39.9 Å². The Kier molecular flexibility index (Phi) is 6.34. The van der Waals surface area contributed by atoms with E-state index in [0.29, 0.717) is 0 Å². The smallest absolute Gasteiger partial charge is 0.305 e. The Labute approximate surface area is 192 Å². The minimum Gasteiger partial charge on any atom is -0.571 e. The highest BCUT2D eigenvalue weighted by Gasteiger charge is 2.46. The van der Waals surface area contributed by atoms with Crippen LogP contribution in [0.3, 0.4) is 0 Å². The summed E-state index contributed by atoms with van der Waals surface area (Å²) in [6.45, 7) is -0.666. The van der Waals surface area contributed by atoms with E-state index in [1.807, 2.05) is 0 Å². The van der Waals surface area contributed by atoms with Crippen molar-refractivity contribution < 1.29 is 59.8 Å². The Morgan fingerprint density at radius 1 is 1.00 bits per heavy atom. The van der Waals surface area contributed by atoms with Crippen molar-refractivity contribution in [2.24, 2.45) is 0 Å². The van der Waals surface area contributed by atoms with Crippen LogP contribution < -0.4 is 4.74 Å². The van der Waals surface area contributed by atoms with Crippen LogP contribution >= 0.6 is 0 Å². The fraction of sp³-hybridized carbons (Fsp3) is 0.364. The molecule has 9 N–H and O–H groups in total. The lowest BCUT2D eigenvalue weighted by molar-refractivity contribution is -0.290. The van der Waals surface area contributed by atoms with Crippen LogP contribution in [0.1, 0.15) is 5.56 Å². The molecule has 0 amide bonds. The fourth-order valence-electron chi connectivity index (χ4n) is 3.83. The Morgan fingerprint density at radius 2 is 1.74 bits per heavy atom. The number of aromatic hydroxyl groups is 2. The van der Waals surface area contributed by atoms with Gasteiger partial charge in [-0.1, -0.05) is 0 Å². The number of aliphatic hydroxyl groups is 8. The zero-order valence-corrected chi connectivity index (χ0v) is 17.8. The maximum absolute atomic E-state index is 10.4. The van der Waals surface area contributed by atoms with Gasteiger partial charge in [0.1, 0.15) is 35.9 Å². The van der Waals surface area contributed by atoms with Crippen LogP contribution in [0.15, 0.2) is 53.2 Å². The van der Waals surface area contributed by atoms with E-state index < -0.39 is 54.9 Å². The van der Waals surface area contributed by atoms with Crippen molar-refractivity contribution in [3.05, 3.63) is 58.8 Å². The third-order valence-corrected chi connectivity index (χ3v) is 5.66. The number of methoxy groups -OCH3 is 1. The standard InChI is InChI=1S/C22H24O12/c1-31-14-3-8(2-12(26)17(14)27)21-15(6-10-11(25)4-9(24)5-13(10)32-21)33-22-20(30)19(29)18(28)16(7-23)34-22/h2-6,13,16,18-20,22-30H,7H2,1H3/p+1. The van der Waals surface area contributed by atoms with Crippen molar-refractivity contribution in [2.45, 2.75) is 36.8 Å². The van der Waals surface area contributed by atoms with Gasteiger partial charge in [0.25, 0.3) is 0 Å². The van der Waals surface area contributed by atoms with E-state index in [2.05, 4.69) is 4.74 Å².